The Morgan fingerprint density at radius 3 is 2.58 bits per heavy atom. The van der Waals surface area contributed by atoms with Crippen LogP contribution >= 0.6 is 0 Å². The molecule has 0 amide bonds. The van der Waals surface area contributed by atoms with Crippen molar-refractivity contribution < 1.29 is 9.47 Å². The second-order valence-corrected chi connectivity index (χ2v) is 8.68. The van der Waals surface area contributed by atoms with Crippen molar-refractivity contribution in [1.82, 2.24) is 9.97 Å². The molecule has 1 aromatic heterocycles. The minimum Gasteiger partial charge on any atom is -0.497 e. The van der Waals surface area contributed by atoms with Crippen molar-refractivity contribution in [2.75, 3.05) is 44.2 Å². The van der Waals surface area contributed by atoms with Crippen molar-refractivity contribution >= 4 is 11.8 Å². The summed E-state index contributed by atoms with van der Waals surface area (Å²) in [5.41, 5.74) is 3.95. The highest BCUT2D eigenvalue weighted by molar-refractivity contribution is 5.51. The molecule has 33 heavy (non-hydrogen) atoms. The number of benzene rings is 2. The quantitative estimate of drug-likeness (QED) is 0.428. The fourth-order valence-corrected chi connectivity index (χ4v) is 4.30. The van der Waals surface area contributed by atoms with Gasteiger partial charge in [0.1, 0.15) is 17.3 Å². The zero-order chi connectivity index (χ0) is 23.2. The molecule has 1 aliphatic rings. The molecule has 0 bridgehead atoms. The van der Waals surface area contributed by atoms with Crippen molar-refractivity contribution in [1.29, 1.82) is 0 Å². The third-order valence-electron chi connectivity index (χ3n) is 6.15. The van der Waals surface area contributed by atoms with Gasteiger partial charge in [-0.15, -0.1) is 0 Å². The predicted octanol–water partition coefficient (Wildman–Crippen LogP) is 5.08. The van der Waals surface area contributed by atoms with Crippen molar-refractivity contribution in [3.05, 3.63) is 71.4 Å². The lowest BCUT2D eigenvalue weighted by Gasteiger charge is -2.38. The predicted molar refractivity (Wildman–Crippen MR) is 134 cm³/mol. The first-order valence-corrected chi connectivity index (χ1v) is 11.7. The first kappa shape index (κ1) is 22.9. The molecule has 0 saturated carbocycles. The molecule has 0 aliphatic carbocycles. The summed E-state index contributed by atoms with van der Waals surface area (Å²) in [6.45, 7) is 3.84. The van der Waals surface area contributed by atoms with Crippen molar-refractivity contribution in [3.63, 3.8) is 0 Å². The first-order valence-electron chi connectivity index (χ1n) is 11.7. The maximum Gasteiger partial charge on any atom is 0.226 e. The molecule has 2 aromatic carbocycles. The van der Waals surface area contributed by atoms with Crippen molar-refractivity contribution in [3.8, 4) is 11.5 Å². The molecule has 0 spiro atoms. The molecule has 1 atom stereocenters. The van der Waals surface area contributed by atoms with Crippen LogP contribution in [0, 0.1) is 0 Å². The number of methoxy groups -OCH3 is 1. The summed E-state index contributed by atoms with van der Waals surface area (Å²) in [6.07, 6.45) is 5.90. The lowest BCUT2D eigenvalue weighted by molar-refractivity contribution is 0.309. The molecule has 3 aromatic rings. The molecular weight excluding hydrogens is 412 g/mol. The maximum absolute atomic E-state index is 5.85. The fraction of sp³-hybridized carbons (Fsp3) is 0.407. The zero-order valence-electron chi connectivity index (χ0n) is 20.1. The van der Waals surface area contributed by atoms with Crippen LogP contribution in [0.5, 0.6) is 11.5 Å². The Bertz CT molecular complexity index is 1050. The lowest BCUT2D eigenvalue weighted by atomic mass is 9.88. The largest absolute Gasteiger partial charge is 0.497 e. The van der Waals surface area contributed by atoms with Gasteiger partial charge in [-0.25, -0.2) is 4.98 Å². The second kappa shape index (κ2) is 10.6. The smallest absolute Gasteiger partial charge is 0.226 e. The van der Waals surface area contributed by atoms with E-state index in [1.165, 1.54) is 16.7 Å². The minimum atomic E-state index is 0.177. The van der Waals surface area contributed by atoms with E-state index in [0.717, 1.165) is 62.1 Å². The molecule has 6 heteroatoms. The third-order valence-corrected chi connectivity index (χ3v) is 6.15. The number of ether oxygens (including phenoxy) is 2. The average Bonchev–Trinajstić information content (AvgIpc) is 2.85. The summed E-state index contributed by atoms with van der Waals surface area (Å²) in [7, 11) is 5.67. The van der Waals surface area contributed by atoms with E-state index in [1.54, 1.807) is 7.11 Å². The Hall–Kier alpha value is -3.28. The number of anilines is 2. The van der Waals surface area contributed by atoms with Crippen molar-refractivity contribution in [2.45, 2.75) is 38.6 Å². The van der Waals surface area contributed by atoms with Gasteiger partial charge in [0.2, 0.25) is 5.95 Å². The average molecular weight is 447 g/mol. The number of rotatable bonds is 9. The highest BCUT2D eigenvalue weighted by Gasteiger charge is 2.29. The number of hydrogen-bond donors (Lipinski definition) is 0. The van der Waals surface area contributed by atoms with Gasteiger partial charge in [0.15, 0.2) is 0 Å². The summed E-state index contributed by atoms with van der Waals surface area (Å²) >= 11 is 0. The summed E-state index contributed by atoms with van der Waals surface area (Å²) in [6, 6.07) is 17.2. The molecule has 6 nitrogen and oxygen atoms in total. The topological polar surface area (TPSA) is 50.7 Å². The number of aromatic nitrogens is 2. The monoisotopic (exact) mass is 446 g/mol. The molecule has 0 fully saturated rings. The van der Waals surface area contributed by atoms with Crippen LogP contribution < -0.4 is 19.3 Å². The number of unbranched alkanes of at least 4 members (excludes halogenated alkanes) is 1. The van der Waals surface area contributed by atoms with Gasteiger partial charge in [0.25, 0.3) is 0 Å². The SMILES string of the molecule is CCCCOc1ccc(CC2c3ccc(OC)cc3CCN2c2ccnc(N(C)C)n2)cc1. The molecule has 0 radical (unpaired) electrons. The van der Waals surface area contributed by atoms with Crippen LogP contribution in [-0.4, -0.2) is 44.3 Å². The number of nitrogens with zero attached hydrogens (tertiary/aromatic N) is 4. The molecule has 4 rings (SSSR count). The lowest BCUT2D eigenvalue weighted by Crippen LogP contribution is -2.37. The van der Waals surface area contributed by atoms with E-state index in [-0.39, 0.29) is 6.04 Å². The summed E-state index contributed by atoms with van der Waals surface area (Å²) < 4.78 is 11.3. The van der Waals surface area contributed by atoms with E-state index in [1.807, 2.05) is 31.3 Å². The molecular formula is C27H34N4O2. The molecule has 1 unspecified atom stereocenters. The van der Waals surface area contributed by atoms with Gasteiger partial charge in [0.05, 0.1) is 19.8 Å². The third kappa shape index (κ3) is 5.38. The maximum atomic E-state index is 5.85. The molecule has 1 aliphatic heterocycles. The number of fused-ring (bicyclic) bond motifs is 1. The Labute approximate surface area is 197 Å². The highest BCUT2D eigenvalue weighted by atomic mass is 16.5. The van der Waals surface area contributed by atoms with Gasteiger partial charge in [-0.05, 0) is 66.3 Å². The van der Waals surface area contributed by atoms with E-state index in [2.05, 4.69) is 59.3 Å². The van der Waals surface area contributed by atoms with Gasteiger partial charge >= 0.3 is 0 Å². The molecule has 0 saturated heterocycles. The van der Waals surface area contributed by atoms with Crippen LogP contribution in [0.25, 0.3) is 0 Å². The van der Waals surface area contributed by atoms with Crippen molar-refractivity contribution in [2.24, 2.45) is 0 Å². The van der Waals surface area contributed by atoms with Crippen LogP contribution in [0.4, 0.5) is 11.8 Å². The summed E-state index contributed by atoms with van der Waals surface area (Å²) in [5, 5.41) is 0. The zero-order valence-corrected chi connectivity index (χ0v) is 20.1. The standard InChI is InChI=1S/C27H34N4O2/c1-5-6-17-33-22-9-7-20(8-10-22)18-25-24-12-11-23(32-4)19-21(24)14-16-31(25)26-13-15-28-27(29-26)30(2)3/h7-13,15,19,25H,5-6,14,16-18H2,1-4H3. The Balaban J connectivity index is 1.64. The summed E-state index contributed by atoms with van der Waals surface area (Å²) in [5.74, 6) is 3.52. The summed E-state index contributed by atoms with van der Waals surface area (Å²) in [4.78, 5) is 13.6. The van der Waals surface area contributed by atoms with Gasteiger partial charge in [-0.1, -0.05) is 31.5 Å². The minimum absolute atomic E-state index is 0.177. The number of hydrogen-bond acceptors (Lipinski definition) is 6. The van der Waals surface area contributed by atoms with E-state index in [9.17, 15) is 0 Å². The van der Waals surface area contributed by atoms with E-state index >= 15 is 0 Å². The Morgan fingerprint density at radius 2 is 1.85 bits per heavy atom. The van der Waals surface area contributed by atoms with Gasteiger partial charge in [0, 0.05) is 26.8 Å². The van der Waals surface area contributed by atoms with Crippen LogP contribution in [0.2, 0.25) is 0 Å². The van der Waals surface area contributed by atoms with Gasteiger partial charge < -0.3 is 19.3 Å². The van der Waals surface area contributed by atoms with Gasteiger partial charge in [-0.2, -0.15) is 4.98 Å². The van der Waals surface area contributed by atoms with Crippen LogP contribution in [-0.2, 0) is 12.8 Å². The van der Waals surface area contributed by atoms with Crippen LogP contribution in [0.1, 0.15) is 42.5 Å². The highest BCUT2D eigenvalue weighted by Crippen LogP contribution is 2.37. The molecule has 174 valence electrons. The van der Waals surface area contributed by atoms with Gasteiger partial charge in [-0.3, -0.25) is 0 Å². The van der Waals surface area contributed by atoms with E-state index < -0.39 is 0 Å². The Morgan fingerprint density at radius 1 is 1.06 bits per heavy atom. The first-order chi connectivity index (χ1) is 16.1. The second-order valence-electron chi connectivity index (χ2n) is 8.68. The molecule has 0 N–H and O–H groups in total. The van der Waals surface area contributed by atoms with E-state index in [0.29, 0.717) is 0 Å². The Kier molecular flexibility index (Phi) is 7.33. The van der Waals surface area contributed by atoms with Crippen LogP contribution in [0.3, 0.4) is 0 Å². The van der Waals surface area contributed by atoms with E-state index in [4.69, 9.17) is 14.5 Å². The fourth-order valence-electron chi connectivity index (χ4n) is 4.30. The normalized spacial score (nSPS) is 15.2. The molecule has 2 heterocycles. The van der Waals surface area contributed by atoms with Crippen LogP contribution in [0.15, 0.2) is 54.7 Å².